The van der Waals surface area contributed by atoms with Gasteiger partial charge in [0.1, 0.15) is 0 Å². The second-order valence-corrected chi connectivity index (χ2v) is 4.88. The topological polar surface area (TPSA) is 49.0 Å². The van der Waals surface area contributed by atoms with Crippen LogP contribution >= 0.6 is 11.6 Å². The maximum absolute atomic E-state index is 11.6. The lowest BCUT2D eigenvalue weighted by Gasteiger charge is -2.10. The lowest BCUT2D eigenvalue weighted by molar-refractivity contribution is -0.117. The van der Waals surface area contributed by atoms with Gasteiger partial charge in [0.15, 0.2) is 5.82 Å². The minimum Gasteiger partial charge on any atom is -0.294 e. The van der Waals surface area contributed by atoms with E-state index in [0.717, 1.165) is 11.5 Å². The van der Waals surface area contributed by atoms with Gasteiger partial charge in [-0.1, -0.05) is 0 Å². The van der Waals surface area contributed by atoms with Gasteiger partial charge in [-0.3, -0.25) is 14.8 Å². The lowest BCUT2D eigenvalue weighted by Crippen LogP contribution is -2.24. The fraction of sp³-hybridized carbons (Fsp3) is 0.600. The van der Waals surface area contributed by atoms with Crippen LogP contribution in [-0.2, 0) is 4.79 Å². The molecule has 0 radical (unpaired) electrons. The highest BCUT2D eigenvalue weighted by molar-refractivity contribution is 6.24. The van der Waals surface area contributed by atoms with E-state index >= 15 is 0 Å². The van der Waals surface area contributed by atoms with E-state index in [-0.39, 0.29) is 11.3 Å². The Hall–Kier alpha value is -1.03. The Morgan fingerprint density at radius 2 is 2.33 bits per heavy atom. The van der Waals surface area contributed by atoms with Crippen LogP contribution in [0.1, 0.15) is 30.9 Å². The summed E-state index contributed by atoms with van der Waals surface area (Å²) in [5.74, 6) is 1.43. The molecule has 1 aromatic rings. The number of aromatic nitrogens is 2. The molecule has 2 aliphatic rings. The number of anilines is 1. The second kappa shape index (κ2) is 3.23. The quantitative estimate of drug-likeness (QED) is 0.778. The van der Waals surface area contributed by atoms with Gasteiger partial charge in [0.2, 0.25) is 5.91 Å². The molecule has 0 aromatic carbocycles. The van der Waals surface area contributed by atoms with Gasteiger partial charge in [-0.05, 0) is 12.8 Å². The van der Waals surface area contributed by atoms with E-state index in [9.17, 15) is 4.79 Å². The van der Waals surface area contributed by atoms with Crippen LogP contribution in [0, 0.1) is 0 Å². The number of hydrogen-bond donors (Lipinski definition) is 1. The monoisotopic (exact) mass is 225 g/mol. The number of hydrogen-bond acceptors (Lipinski definition) is 2. The van der Waals surface area contributed by atoms with Crippen molar-refractivity contribution in [1.82, 2.24) is 10.2 Å². The molecule has 0 bridgehead atoms. The SMILES string of the molecule is O=C1CC(Cl)CN1c1cc(C2CC2)[nH]n1. The van der Waals surface area contributed by atoms with Crippen LogP contribution in [0.4, 0.5) is 5.82 Å². The summed E-state index contributed by atoms with van der Waals surface area (Å²) in [6.07, 6.45) is 2.88. The van der Waals surface area contributed by atoms with Gasteiger partial charge in [0.05, 0.1) is 5.38 Å². The molecule has 4 nitrogen and oxygen atoms in total. The minimum atomic E-state index is -0.0708. The average Bonchev–Trinajstić information content (AvgIpc) is 2.83. The van der Waals surface area contributed by atoms with Gasteiger partial charge in [0.25, 0.3) is 0 Å². The lowest BCUT2D eigenvalue weighted by atomic mass is 10.3. The number of aromatic amines is 1. The molecule has 1 saturated carbocycles. The minimum absolute atomic E-state index is 0.0708. The molecule has 1 saturated heterocycles. The van der Waals surface area contributed by atoms with Crippen molar-refractivity contribution in [2.24, 2.45) is 0 Å². The number of nitrogens with zero attached hydrogens (tertiary/aromatic N) is 2. The van der Waals surface area contributed by atoms with Gasteiger partial charge in [0, 0.05) is 30.6 Å². The van der Waals surface area contributed by atoms with Crippen molar-refractivity contribution in [2.75, 3.05) is 11.4 Å². The van der Waals surface area contributed by atoms with Crippen molar-refractivity contribution in [3.8, 4) is 0 Å². The molecule has 1 unspecified atom stereocenters. The van der Waals surface area contributed by atoms with Gasteiger partial charge in [-0.25, -0.2) is 0 Å². The highest BCUT2D eigenvalue weighted by Gasteiger charge is 2.32. The van der Waals surface area contributed by atoms with E-state index in [1.807, 2.05) is 6.07 Å². The molecule has 2 fully saturated rings. The van der Waals surface area contributed by atoms with E-state index in [1.54, 1.807) is 4.90 Å². The zero-order valence-electron chi connectivity index (χ0n) is 8.24. The first-order valence-electron chi connectivity index (χ1n) is 5.24. The van der Waals surface area contributed by atoms with Crippen molar-refractivity contribution in [2.45, 2.75) is 30.6 Å². The fourth-order valence-corrected chi connectivity index (χ4v) is 2.22. The Morgan fingerprint density at radius 3 is 2.93 bits per heavy atom. The molecule has 1 aliphatic heterocycles. The molecular weight excluding hydrogens is 214 g/mol. The summed E-state index contributed by atoms with van der Waals surface area (Å²) >= 11 is 5.93. The number of amides is 1. The summed E-state index contributed by atoms with van der Waals surface area (Å²) in [6, 6.07) is 1.98. The summed E-state index contributed by atoms with van der Waals surface area (Å²) in [5, 5.41) is 7.09. The maximum Gasteiger partial charge on any atom is 0.229 e. The molecule has 1 aliphatic carbocycles. The summed E-state index contributed by atoms with van der Waals surface area (Å²) in [7, 11) is 0. The predicted molar refractivity (Wildman–Crippen MR) is 57.2 cm³/mol. The van der Waals surface area contributed by atoms with Crippen LogP contribution in [0.15, 0.2) is 6.07 Å². The van der Waals surface area contributed by atoms with E-state index in [0.29, 0.717) is 18.9 Å². The Balaban J connectivity index is 1.82. The fourth-order valence-electron chi connectivity index (χ4n) is 1.95. The largest absolute Gasteiger partial charge is 0.294 e. The number of H-pyrrole nitrogens is 1. The molecule has 1 amide bonds. The Kier molecular flexibility index (Phi) is 1.99. The van der Waals surface area contributed by atoms with Gasteiger partial charge in [-0.15, -0.1) is 11.6 Å². The van der Waals surface area contributed by atoms with Gasteiger partial charge >= 0.3 is 0 Å². The van der Waals surface area contributed by atoms with Crippen LogP contribution in [0.2, 0.25) is 0 Å². The standard InChI is InChI=1S/C10H12ClN3O/c11-7-3-10(15)14(5-7)9-4-8(12-13-9)6-1-2-6/h4,6-7H,1-3,5H2,(H,12,13). The first-order chi connectivity index (χ1) is 7.24. The molecule has 0 spiro atoms. The van der Waals surface area contributed by atoms with Crippen molar-refractivity contribution < 1.29 is 4.79 Å². The van der Waals surface area contributed by atoms with Crippen LogP contribution in [0.25, 0.3) is 0 Å². The highest BCUT2D eigenvalue weighted by Crippen LogP contribution is 2.40. The van der Waals surface area contributed by atoms with Crippen molar-refractivity contribution in [3.05, 3.63) is 11.8 Å². The second-order valence-electron chi connectivity index (χ2n) is 4.26. The smallest absolute Gasteiger partial charge is 0.229 e. The van der Waals surface area contributed by atoms with Crippen LogP contribution in [0.5, 0.6) is 0 Å². The van der Waals surface area contributed by atoms with Gasteiger partial charge < -0.3 is 0 Å². The number of carbonyl (C=O) groups is 1. The van der Waals surface area contributed by atoms with Crippen LogP contribution in [0.3, 0.4) is 0 Å². The van der Waals surface area contributed by atoms with Crippen molar-refractivity contribution in [3.63, 3.8) is 0 Å². The zero-order chi connectivity index (χ0) is 10.4. The average molecular weight is 226 g/mol. The summed E-state index contributed by atoms with van der Waals surface area (Å²) in [4.78, 5) is 13.2. The number of carbonyl (C=O) groups excluding carboxylic acids is 1. The number of rotatable bonds is 2. The Bertz CT molecular complexity index is 399. The Morgan fingerprint density at radius 1 is 1.53 bits per heavy atom. The third kappa shape index (κ3) is 1.63. The first kappa shape index (κ1) is 9.21. The number of nitrogens with one attached hydrogen (secondary N) is 1. The predicted octanol–water partition coefficient (Wildman–Crippen LogP) is 1.63. The van der Waals surface area contributed by atoms with E-state index in [1.165, 1.54) is 12.8 Å². The van der Waals surface area contributed by atoms with E-state index in [4.69, 9.17) is 11.6 Å². The first-order valence-corrected chi connectivity index (χ1v) is 5.67. The number of halogens is 1. The van der Waals surface area contributed by atoms with E-state index in [2.05, 4.69) is 10.2 Å². The Labute approximate surface area is 92.6 Å². The summed E-state index contributed by atoms with van der Waals surface area (Å²) in [5.41, 5.74) is 1.15. The normalized spacial score (nSPS) is 26.3. The third-order valence-electron chi connectivity index (χ3n) is 2.96. The maximum atomic E-state index is 11.6. The summed E-state index contributed by atoms with van der Waals surface area (Å²) in [6.45, 7) is 0.579. The molecule has 3 rings (SSSR count). The van der Waals surface area contributed by atoms with Crippen LogP contribution < -0.4 is 4.90 Å². The summed E-state index contributed by atoms with van der Waals surface area (Å²) < 4.78 is 0. The molecular formula is C10H12ClN3O. The van der Waals surface area contributed by atoms with Gasteiger partial charge in [-0.2, -0.15) is 5.10 Å². The molecule has 1 atom stereocenters. The number of alkyl halides is 1. The molecule has 80 valence electrons. The third-order valence-corrected chi connectivity index (χ3v) is 3.25. The molecule has 1 aromatic heterocycles. The molecule has 2 heterocycles. The van der Waals surface area contributed by atoms with E-state index < -0.39 is 0 Å². The van der Waals surface area contributed by atoms with Crippen LogP contribution in [-0.4, -0.2) is 28.0 Å². The molecule has 5 heteroatoms. The van der Waals surface area contributed by atoms with Crippen molar-refractivity contribution in [1.29, 1.82) is 0 Å². The molecule has 15 heavy (non-hydrogen) atoms. The van der Waals surface area contributed by atoms with Crippen molar-refractivity contribution >= 4 is 23.3 Å². The zero-order valence-corrected chi connectivity index (χ0v) is 9.00. The molecule has 1 N–H and O–H groups in total. The highest BCUT2D eigenvalue weighted by atomic mass is 35.5.